The Morgan fingerprint density at radius 3 is 2.67 bits per heavy atom. The number of nitrogens with one attached hydrogen (secondary N) is 3. The number of nitrogens with zero attached hydrogens (tertiary/aromatic N) is 1. The van der Waals surface area contributed by atoms with Crippen LogP contribution >= 0.6 is 0 Å². The van der Waals surface area contributed by atoms with Gasteiger partial charge in [0.05, 0.1) is 30.0 Å². The largest absolute Gasteiger partial charge is 0.385 e. The SMILES string of the molecule is CCc1ccc(Nc2c(C(=O)N3CC(O)(CNCC4CCCN4)C3)ccc(F)c2F)c(F)c1. The number of aliphatic hydroxyl groups is 1. The molecule has 2 saturated heterocycles. The molecule has 0 aromatic heterocycles. The summed E-state index contributed by atoms with van der Waals surface area (Å²) in [5.74, 6) is -3.60. The molecule has 0 radical (unpaired) electrons. The number of hydrogen-bond acceptors (Lipinski definition) is 5. The van der Waals surface area contributed by atoms with E-state index in [9.17, 15) is 23.1 Å². The molecule has 1 unspecified atom stereocenters. The number of aryl methyl sites for hydroxylation is 1. The molecule has 2 fully saturated rings. The summed E-state index contributed by atoms with van der Waals surface area (Å²) in [6.07, 6.45) is 2.85. The van der Waals surface area contributed by atoms with Crippen LogP contribution in [0.25, 0.3) is 0 Å². The second kappa shape index (κ2) is 9.70. The van der Waals surface area contributed by atoms with Crippen molar-refractivity contribution in [3.8, 4) is 0 Å². The van der Waals surface area contributed by atoms with Crippen LogP contribution in [-0.2, 0) is 6.42 Å². The molecule has 33 heavy (non-hydrogen) atoms. The van der Waals surface area contributed by atoms with E-state index in [1.807, 2.05) is 6.92 Å². The monoisotopic (exact) mass is 462 g/mol. The van der Waals surface area contributed by atoms with E-state index in [4.69, 9.17) is 0 Å². The van der Waals surface area contributed by atoms with Gasteiger partial charge in [0.15, 0.2) is 11.6 Å². The summed E-state index contributed by atoms with van der Waals surface area (Å²) in [5.41, 5.74) is -0.938. The van der Waals surface area contributed by atoms with Gasteiger partial charge in [-0.15, -0.1) is 0 Å². The van der Waals surface area contributed by atoms with Gasteiger partial charge in [0, 0.05) is 19.1 Å². The normalized spacial score (nSPS) is 19.4. The van der Waals surface area contributed by atoms with Gasteiger partial charge in [0.25, 0.3) is 5.91 Å². The number of anilines is 2. The molecule has 0 spiro atoms. The summed E-state index contributed by atoms with van der Waals surface area (Å²) < 4.78 is 43.0. The third-order valence-electron chi connectivity index (χ3n) is 6.29. The van der Waals surface area contributed by atoms with Crippen molar-refractivity contribution < 1.29 is 23.1 Å². The fourth-order valence-electron chi connectivity index (χ4n) is 4.37. The number of amides is 1. The Balaban J connectivity index is 1.44. The van der Waals surface area contributed by atoms with Gasteiger partial charge in [0.2, 0.25) is 0 Å². The highest BCUT2D eigenvalue weighted by molar-refractivity contribution is 6.01. The Morgan fingerprint density at radius 2 is 2.00 bits per heavy atom. The van der Waals surface area contributed by atoms with Crippen LogP contribution in [0.2, 0.25) is 0 Å². The van der Waals surface area contributed by atoms with Gasteiger partial charge in [-0.3, -0.25) is 4.79 Å². The summed E-state index contributed by atoms with van der Waals surface area (Å²) in [5, 5.41) is 19.8. The van der Waals surface area contributed by atoms with Gasteiger partial charge >= 0.3 is 0 Å². The van der Waals surface area contributed by atoms with E-state index in [1.54, 1.807) is 6.07 Å². The molecule has 0 bridgehead atoms. The maximum absolute atomic E-state index is 14.6. The molecule has 0 saturated carbocycles. The molecule has 6 nitrogen and oxygen atoms in total. The zero-order valence-corrected chi connectivity index (χ0v) is 18.6. The molecule has 2 heterocycles. The fraction of sp³-hybridized carbons (Fsp3) is 0.458. The van der Waals surface area contributed by atoms with Crippen molar-refractivity contribution in [2.24, 2.45) is 0 Å². The quantitative estimate of drug-likeness (QED) is 0.486. The molecule has 9 heteroatoms. The molecule has 2 aliphatic heterocycles. The summed E-state index contributed by atoms with van der Waals surface area (Å²) in [6, 6.07) is 6.84. The zero-order valence-electron chi connectivity index (χ0n) is 18.6. The van der Waals surface area contributed by atoms with E-state index in [-0.39, 0.29) is 24.3 Å². The lowest BCUT2D eigenvalue weighted by molar-refractivity contribution is -0.0785. The summed E-state index contributed by atoms with van der Waals surface area (Å²) >= 11 is 0. The van der Waals surface area contributed by atoms with Crippen molar-refractivity contribution >= 4 is 17.3 Å². The standard InChI is InChI=1S/C24H29F3N4O2/c1-2-15-5-8-20(19(26)10-15)30-22-17(6-7-18(25)21(22)27)23(32)31-13-24(33,14-31)12-28-11-16-4-3-9-29-16/h5-8,10,16,28-30,33H,2-4,9,11-14H2,1H3. The van der Waals surface area contributed by atoms with Gasteiger partial charge in [-0.25, -0.2) is 13.2 Å². The molecule has 0 aliphatic carbocycles. The number of hydrogen-bond donors (Lipinski definition) is 4. The first kappa shape index (κ1) is 23.5. The van der Waals surface area contributed by atoms with E-state index in [0.717, 1.165) is 37.6 Å². The van der Waals surface area contributed by atoms with Crippen LogP contribution in [0.4, 0.5) is 24.5 Å². The summed E-state index contributed by atoms with van der Waals surface area (Å²) in [7, 11) is 0. The molecule has 2 aliphatic rings. The number of β-amino-alcohol motifs (C(OH)–C–C–N with tert-alkyl or cyclic N) is 1. The Bertz CT molecular complexity index is 1020. The first-order valence-corrected chi connectivity index (χ1v) is 11.3. The lowest BCUT2D eigenvalue weighted by Crippen LogP contribution is -2.67. The van der Waals surface area contributed by atoms with Crippen LogP contribution in [-0.4, -0.2) is 60.3 Å². The number of carbonyl (C=O) groups excluding carboxylic acids is 1. The van der Waals surface area contributed by atoms with Crippen LogP contribution < -0.4 is 16.0 Å². The van der Waals surface area contributed by atoms with E-state index in [2.05, 4.69) is 16.0 Å². The average molecular weight is 463 g/mol. The van der Waals surface area contributed by atoms with Gasteiger partial charge in [-0.05, 0) is 55.6 Å². The number of rotatable bonds is 8. The lowest BCUT2D eigenvalue weighted by Gasteiger charge is -2.46. The highest BCUT2D eigenvalue weighted by Gasteiger charge is 2.44. The minimum Gasteiger partial charge on any atom is -0.385 e. The first-order chi connectivity index (χ1) is 15.8. The Kier molecular flexibility index (Phi) is 6.92. The van der Waals surface area contributed by atoms with Crippen LogP contribution in [0, 0.1) is 17.5 Å². The second-order valence-electron chi connectivity index (χ2n) is 8.89. The minimum absolute atomic E-state index is 0.0596. The van der Waals surface area contributed by atoms with Crippen molar-refractivity contribution in [1.82, 2.24) is 15.5 Å². The highest BCUT2D eigenvalue weighted by Crippen LogP contribution is 2.31. The number of benzene rings is 2. The molecule has 2 aromatic carbocycles. The summed E-state index contributed by atoms with van der Waals surface area (Å²) in [4.78, 5) is 14.4. The van der Waals surface area contributed by atoms with Crippen LogP contribution in [0.3, 0.4) is 0 Å². The topological polar surface area (TPSA) is 76.6 Å². The van der Waals surface area contributed by atoms with Crippen molar-refractivity contribution in [1.29, 1.82) is 0 Å². The van der Waals surface area contributed by atoms with Crippen molar-refractivity contribution in [3.63, 3.8) is 0 Å². The fourth-order valence-corrected chi connectivity index (χ4v) is 4.37. The third kappa shape index (κ3) is 5.15. The van der Waals surface area contributed by atoms with Crippen molar-refractivity contribution in [2.45, 2.75) is 37.8 Å². The van der Waals surface area contributed by atoms with E-state index >= 15 is 0 Å². The van der Waals surface area contributed by atoms with Crippen molar-refractivity contribution in [2.75, 3.05) is 38.0 Å². The number of likely N-dealkylation sites (tertiary alicyclic amines) is 1. The number of carbonyl (C=O) groups is 1. The molecular weight excluding hydrogens is 433 g/mol. The molecule has 4 rings (SSSR count). The third-order valence-corrected chi connectivity index (χ3v) is 6.29. The smallest absolute Gasteiger partial charge is 0.256 e. The van der Waals surface area contributed by atoms with Gasteiger partial charge < -0.3 is 26.0 Å². The Hall–Kier alpha value is -2.62. The van der Waals surface area contributed by atoms with Crippen molar-refractivity contribution in [3.05, 3.63) is 58.9 Å². The molecule has 1 amide bonds. The van der Waals surface area contributed by atoms with Gasteiger partial charge in [-0.2, -0.15) is 0 Å². The maximum Gasteiger partial charge on any atom is 0.256 e. The molecule has 2 aromatic rings. The van der Waals surface area contributed by atoms with E-state index in [0.29, 0.717) is 19.0 Å². The minimum atomic E-state index is -1.26. The van der Waals surface area contributed by atoms with Crippen LogP contribution in [0.15, 0.2) is 30.3 Å². The molecule has 1 atom stereocenters. The predicted octanol–water partition coefficient (Wildman–Crippen LogP) is 2.94. The summed E-state index contributed by atoms with van der Waals surface area (Å²) in [6.45, 7) is 4.06. The van der Waals surface area contributed by atoms with Crippen LogP contribution in [0.1, 0.15) is 35.7 Å². The first-order valence-electron chi connectivity index (χ1n) is 11.3. The van der Waals surface area contributed by atoms with E-state index in [1.165, 1.54) is 23.1 Å². The average Bonchev–Trinajstić information content (AvgIpc) is 3.29. The van der Waals surface area contributed by atoms with Crippen LogP contribution in [0.5, 0.6) is 0 Å². The Morgan fingerprint density at radius 1 is 1.21 bits per heavy atom. The molecular formula is C24H29F3N4O2. The van der Waals surface area contributed by atoms with Gasteiger partial charge in [-0.1, -0.05) is 13.0 Å². The zero-order chi connectivity index (χ0) is 23.6. The molecule has 4 N–H and O–H groups in total. The molecule has 178 valence electrons. The number of halogens is 3. The van der Waals surface area contributed by atoms with Gasteiger partial charge in [0.1, 0.15) is 11.4 Å². The lowest BCUT2D eigenvalue weighted by atomic mass is 9.92. The predicted molar refractivity (Wildman–Crippen MR) is 120 cm³/mol. The van der Waals surface area contributed by atoms with E-state index < -0.39 is 34.6 Å². The Labute approximate surface area is 191 Å². The maximum atomic E-state index is 14.6. The second-order valence-corrected chi connectivity index (χ2v) is 8.89. The highest BCUT2D eigenvalue weighted by atomic mass is 19.2.